The predicted octanol–water partition coefficient (Wildman–Crippen LogP) is 3.71. The number of anilines is 1. The second kappa shape index (κ2) is 8.20. The van der Waals surface area contributed by atoms with E-state index in [1.807, 2.05) is 12.1 Å². The summed E-state index contributed by atoms with van der Waals surface area (Å²) in [6, 6.07) is 14.2. The zero-order valence-electron chi connectivity index (χ0n) is 12.1. The van der Waals surface area contributed by atoms with Gasteiger partial charge in [0.1, 0.15) is 5.56 Å². The average molecular weight is 551 g/mol. The van der Waals surface area contributed by atoms with Crippen LogP contribution in [0.25, 0.3) is 10.2 Å². The van der Waals surface area contributed by atoms with E-state index >= 15 is 0 Å². The molecule has 0 bridgehead atoms. The first-order chi connectivity index (χ1) is 10.1. The molecule has 114 valence electrons. The number of aromatic nitrogens is 1. The smallest absolute Gasteiger partial charge is 0.358 e. The molecule has 3 aromatic rings. The molecule has 3 rings (SSSR count). The summed E-state index contributed by atoms with van der Waals surface area (Å²) in [4.78, 5) is 26.7. The number of carbonyl (C=O) groups excluding carboxylic acids is 1. The number of rotatable bonds is 3. The molecular weight excluding hydrogens is 540 g/mol. The number of nitro groups is 1. The van der Waals surface area contributed by atoms with Gasteiger partial charge in [0.05, 0.1) is 4.92 Å². The number of amides is 1. The number of nitrogens with zero attached hydrogens (tertiary/aromatic N) is 2. The van der Waals surface area contributed by atoms with Gasteiger partial charge in [0.2, 0.25) is 0 Å². The van der Waals surface area contributed by atoms with E-state index in [0.29, 0.717) is 10.6 Å². The molecule has 8 heteroatoms. The fourth-order valence-electron chi connectivity index (χ4n) is 1.85. The number of fused-ring (bicyclic) bond motifs is 1. The van der Waals surface area contributed by atoms with E-state index in [0.717, 1.165) is 4.70 Å². The first kappa shape index (κ1) is 19.3. The van der Waals surface area contributed by atoms with Crippen molar-refractivity contribution in [2.75, 3.05) is 5.32 Å². The van der Waals surface area contributed by atoms with Gasteiger partial charge in [0.25, 0.3) is 11.6 Å². The number of thiazole rings is 1. The molecular formula is C15H11N3O3SU. The van der Waals surface area contributed by atoms with Crippen LogP contribution in [0.3, 0.4) is 0 Å². The Bertz CT molecular complexity index is 818. The van der Waals surface area contributed by atoms with Gasteiger partial charge in [0, 0.05) is 6.07 Å². The molecule has 0 spiro atoms. The van der Waals surface area contributed by atoms with Gasteiger partial charge in [-0.25, -0.2) is 4.98 Å². The van der Waals surface area contributed by atoms with Crippen LogP contribution in [0, 0.1) is 54.7 Å². The molecule has 0 fully saturated rings. The van der Waals surface area contributed by atoms with Crippen LogP contribution in [0.4, 0.5) is 10.8 Å². The second-order valence-corrected chi connectivity index (χ2v) is 5.16. The van der Waals surface area contributed by atoms with Crippen molar-refractivity contribution in [2.24, 2.45) is 0 Å². The summed E-state index contributed by atoms with van der Waals surface area (Å²) in [5.74, 6) is -0.554. The Morgan fingerprint density at radius 1 is 1.26 bits per heavy atom. The molecule has 1 heterocycles. The van der Waals surface area contributed by atoms with Gasteiger partial charge in [-0.1, -0.05) is 16.8 Å². The minimum absolute atomic E-state index is 0. The third kappa shape index (κ3) is 4.16. The maximum Gasteiger partial charge on any atom is 2.00 e. The van der Waals surface area contributed by atoms with E-state index in [4.69, 9.17) is 0 Å². The predicted molar refractivity (Wildman–Crippen MR) is 85.9 cm³/mol. The number of para-hydroxylation sites is 2. The van der Waals surface area contributed by atoms with E-state index in [-0.39, 0.29) is 49.8 Å². The van der Waals surface area contributed by atoms with E-state index in [1.54, 1.807) is 12.1 Å². The summed E-state index contributed by atoms with van der Waals surface area (Å²) >= 11 is 1.29. The van der Waals surface area contributed by atoms with Crippen molar-refractivity contribution >= 4 is 38.3 Å². The van der Waals surface area contributed by atoms with Crippen molar-refractivity contribution in [3.63, 3.8) is 0 Å². The maximum absolute atomic E-state index is 12.2. The van der Waals surface area contributed by atoms with Crippen molar-refractivity contribution in [1.82, 2.24) is 4.98 Å². The van der Waals surface area contributed by atoms with Gasteiger partial charge in [0.15, 0.2) is 5.13 Å². The van der Waals surface area contributed by atoms with Gasteiger partial charge in [-0.3, -0.25) is 20.2 Å². The Hall–Kier alpha value is -1.75. The quantitative estimate of drug-likeness (QED) is 0.306. The number of hydrogen-bond donors (Lipinski definition) is 1. The van der Waals surface area contributed by atoms with Crippen molar-refractivity contribution < 1.29 is 40.8 Å². The van der Waals surface area contributed by atoms with Crippen LogP contribution in [-0.4, -0.2) is 15.8 Å². The molecule has 1 N–H and O–H groups in total. The van der Waals surface area contributed by atoms with Crippen molar-refractivity contribution in [2.45, 2.75) is 0 Å². The standard InChI is InChI=1S/C14H8N3O3S.CH3.U/c18-13(9-5-1-3-7-11(9)17(19)20)16-14-15-10-6-2-4-8-12(10)21-14;;/h1-5,7-8H,(H,15,16,18);1H3;/q2*-1;+2. The van der Waals surface area contributed by atoms with Crippen LogP contribution in [0.5, 0.6) is 0 Å². The molecule has 0 aliphatic rings. The molecule has 6 nitrogen and oxygen atoms in total. The van der Waals surface area contributed by atoms with Crippen molar-refractivity contribution in [3.8, 4) is 0 Å². The monoisotopic (exact) mass is 551 g/mol. The van der Waals surface area contributed by atoms with Crippen LogP contribution in [0.2, 0.25) is 0 Å². The number of carbonyl (C=O) groups is 1. The van der Waals surface area contributed by atoms with Crippen LogP contribution in [-0.2, 0) is 0 Å². The number of benzene rings is 2. The Morgan fingerprint density at radius 3 is 2.70 bits per heavy atom. The molecule has 0 radical (unpaired) electrons. The molecule has 0 aliphatic heterocycles. The van der Waals surface area contributed by atoms with Gasteiger partial charge < -0.3 is 7.43 Å². The van der Waals surface area contributed by atoms with E-state index in [9.17, 15) is 14.9 Å². The van der Waals surface area contributed by atoms with Gasteiger partial charge in [-0.05, 0) is 11.6 Å². The summed E-state index contributed by atoms with van der Waals surface area (Å²) in [7, 11) is 0. The third-order valence-corrected chi connectivity index (χ3v) is 3.72. The van der Waals surface area contributed by atoms with E-state index in [2.05, 4.69) is 16.4 Å². The average Bonchev–Trinajstić information content (AvgIpc) is 2.89. The first-order valence-electron chi connectivity index (χ1n) is 5.97. The molecule has 1 aromatic heterocycles. The summed E-state index contributed by atoms with van der Waals surface area (Å²) in [5.41, 5.74) is 0.425. The Labute approximate surface area is 160 Å². The van der Waals surface area contributed by atoms with Crippen LogP contribution in [0.1, 0.15) is 10.4 Å². The van der Waals surface area contributed by atoms with Gasteiger partial charge in [-0.2, -0.15) is 35.6 Å². The fourth-order valence-corrected chi connectivity index (χ4v) is 2.69. The number of hydrogen-bond acceptors (Lipinski definition) is 5. The Kier molecular flexibility index (Phi) is 6.88. The third-order valence-electron chi connectivity index (χ3n) is 2.78. The summed E-state index contributed by atoms with van der Waals surface area (Å²) < 4.78 is 0.885. The Morgan fingerprint density at radius 2 is 2.00 bits per heavy atom. The van der Waals surface area contributed by atoms with Crippen LogP contribution in [0.15, 0.2) is 42.5 Å². The van der Waals surface area contributed by atoms with Crippen molar-refractivity contribution in [3.05, 3.63) is 71.6 Å². The zero-order chi connectivity index (χ0) is 14.8. The molecule has 0 atom stereocenters. The first-order valence-corrected chi connectivity index (χ1v) is 6.79. The SMILES string of the molecule is O=C(Nc1nc2[c-]cccc2s1)c1ccccc1[N+](=O)[O-].[CH3-].[U+2]. The molecule has 23 heavy (non-hydrogen) atoms. The topological polar surface area (TPSA) is 85.1 Å². The van der Waals surface area contributed by atoms with Gasteiger partial charge in [-0.15, -0.1) is 0 Å². The fraction of sp³-hybridized carbons (Fsp3) is 0. The number of nitrogens with one attached hydrogen (secondary N) is 1. The molecule has 1 amide bonds. The Balaban J connectivity index is 0.00000132. The maximum atomic E-state index is 12.2. The molecule has 0 saturated heterocycles. The molecule has 0 aliphatic carbocycles. The molecule has 0 saturated carbocycles. The number of nitro benzene ring substituents is 1. The van der Waals surface area contributed by atoms with Crippen LogP contribution < -0.4 is 5.32 Å². The van der Waals surface area contributed by atoms with Crippen molar-refractivity contribution in [1.29, 1.82) is 0 Å². The normalized spacial score (nSPS) is 9.57. The molecule has 2 aromatic carbocycles. The van der Waals surface area contributed by atoms with E-state index in [1.165, 1.54) is 29.5 Å². The van der Waals surface area contributed by atoms with E-state index < -0.39 is 10.8 Å². The largest absolute Gasteiger partial charge is 2.00 e. The second-order valence-electron chi connectivity index (χ2n) is 4.13. The van der Waals surface area contributed by atoms with Crippen LogP contribution >= 0.6 is 11.3 Å². The minimum Gasteiger partial charge on any atom is -0.358 e. The van der Waals surface area contributed by atoms with Gasteiger partial charge >= 0.3 is 31.1 Å². The molecule has 0 unspecified atom stereocenters. The summed E-state index contributed by atoms with van der Waals surface area (Å²) in [6.45, 7) is 0. The zero-order valence-corrected chi connectivity index (χ0v) is 17.0. The summed E-state index contributed by atoms with van der Waals surface area (Å²) in [6.07, 6.45) is 0. The summed E-state index contributed by atoms with van der Waals surface area (Å²) in [5, 5.41) is 13.9. The minimum atomic E-state index is -0.582.